The summed E-state index contributed by atoms with van der Waals surface area (Å²) >= 11 is 0. The van der Waals surface area contributed by atoms with Crippen molar-refractivity contribution in [2.24, 2.45) is 0 Å². The summed E-state index contributed by atoms with van der Waals surface area (Å²) in [6, 6.07) is 6.02. The third-order valence-corrected chi connectivity index (χ3v) is 7.00. The van der Waals surface area contributed by atoms with Crippen LogP contribution in [-0.2, 0) is 10.0 Å². The van der Waals surface area contributed by atoms with Gasteiger partial charge in [-0.1, -0.05) is 6.92 Å². The molecule has 27 heavy (non-hydrogen) atoms. The Morgan fingerprint density at radius 1 is 1.04 bits per heavy atom. The van der Waals surface area contributed by atoms with E-state index in [2.05, 4.69) is 10.0 Å². The van der Waals surface area contributed by atoms with Gasteiger partial charge < -0.3 is 5.32 Å². The molecule has 0 spiro atoms. The van der Waals surface area contributed by atoms with Gasteiger partial charge in [-0.25, -0.2) is 21.6 Å². The predicted octanol–water partition coefficient (Wildman–Crippen LogP) is 4.04. The third-order valence-electron chi connectivity index (χ3n) is 4.67. The Labute approximate surface area is 154 Å². The molecule has 0 aliphatic heterocycles. The molecule has 2 aromatic rings. The monoisotopic (exact) mass is 398 g/mol. The number of sulfonamides is 1. The average Bonchev–Trinajstić information content (AvgIpc) is 3.42. The van der Waals surface area contributed by atoms with Crippen molar-refractivity contribution in [3.8, 4) is 0 Å². The minimum atomic E-state index is -3.80. The van der Waals surface area contributed by atoms with Crippen molar-refractivity contribution in [2.75, 3.05) is 10.0 Å². The van der Waals surface area contributed by atoms with Gasteiger partial charge in [0.1, 0.15) is 5.82 Å². The van der Waals surface area contributed by atoms with Crippen molar-refractivity contribution in [1.82, 2.24) is 0 Å². The largest absolute Gasteiger partial charge is 0.322 e. The maximum absolute atomic E-state index is 14.1. The number of anilines is 2. The van der Waals surface area contributed by atoms with Gasteiger partial charge in [-0.3, -0.25) is 9.52 Å². The zero-order valence-electron chi connectivity index (χ0n) is 14.4. The molecule has 1 fully saturated rings. The molecule has 0 unspecified atom stereocenters. The fourth-order valence-electron chi connectivity index (χ4n) is 2.73. The Bertz CT molecular complexity index is 1000. The highest BCUT2D eigenvalue weighted by Crippen LogP contribution is 2.46. The van der Waals surface area contributed by atoms with Crippen LogP contribution in [0.1, 0.15) is 36.5 Å². The minimum absolute atomic E-state index is 0.00766. The van der Waals surface area contributed by atoms with Gasteiger partial charge in [-0.2, -0.15) is 0 Å². The van der Waals surface area contributed by atoms with Crippen LogP contribution in [-0.4, -0.2) is 19.1 Å². The smallest absolute Gasteiger partial charge is 0.255 e. The number of halogens is 3. The fourth-order valence-corrected chi connectivity index (χ4v) is 4.41. The molecule has 0 heterocycles. The van der Waals surface area contributed by atoms with Crippen molar-refractivity contribution in [3.05, 3.63) is 59.4 Å². The van der Waals surface area contributed by atoms with E-state index in [-0.39, 0.29) is 16.9 Å². The van der Waals surface area contributed by atoms with Gasteiger partial charge in [0, 0.05) is 17.3 Å². The van der Waals surface area contributed by atoms with E-state index in [0.29, 0.717) is 19.3 Å². The number of benzene rings is 2. The summed E-state index contributed by atoms with van der Waals surface area (Å²) < 4.78 is 66.5. The van der Waals surface area contributed by atoms with Crippen molar-refractivity contribution >= 4 is 27.3 Å². The van der Waals surface area contributed by atoms with Crippen LogP contribution in [0.3, 0.4) is 0 Å². The maximum Gasteiger partial charge on any atom is 0.255 e. The van der Waals surface area contributed by atoms with E-state index in [1.165, 1.54) is 6.07 Å². The molecule has 0 saturated heterocycles. The predicted molar refractivity (Wildman–Crippen MR) is 95.5 cm³/mol. The molecule has 1 aliphatic rings. The van der Waals surface area contributed by atoms with E-state index < -0.39 is 38.1 Å². The summed E-state index contributed by atoms with van der Waals surface area (Å²) in [5.74, 6) is -3.74. The van der Waals surface area contributed by atoms with E-state index in [4.69, 9.17) is 0 Å². The molecular formula is C18H17F3N2O3S. The first-order valence-electron chi connectivity index (χ1n) is 8.26. The molecular weight excluding hydrogens is 381 g/mol. The van der Waals surface area contributed by atoms with Crippen molar-refractivity contribution in [2.45, 2.75) is 30.9 Å². The number of amides is 1. The van der Waals surface area contributed by atoms with Crippen LogP contribution < -0.4 is 10.0 Å². The fraction of sp³-hybridized carbons (Fsp3) is 0.278. The number of carbonyl (C=O) groups is 1. The molecule has 0 aromatic heterocycles. The highest BCUT2D eigenvalue weighted by Gasteiger charge is 2.53. The summed E-state index contributed by atoms with van der Waals surface area (Å²) in [5, 5.41) is 2.34. The zero-order chi connectivity index (χ0) is 19.8. The van der Waals surface area contributed by atoms with Crippen LogP contribution in [0.4, 0.5) is 24.5 Å². The summed E-state index contributed by atoms with van der Waals surface area (Å²) in [7, 11) is -3.80. The molecule has 144 valence electrons. The molecule has 1 saturated carbocycles. The lowest BCUT2D eigenvalue weighted by Crippen LogP contribution is -2.29. The molecule has 9 heteroatoms. The molecule has 5 nitrogen and oxygen atoms in total. The molecule has 3 rings (SSSR count). The van der Waals surface area contributed by atoms with E-state index in [1.807, 2.05) is 0 Å². The SMILES string of the molecule is CCC1(S(=O)(=O)Nc2cc(C(=O)Nc3ccc(F)c(F)c3)ccc2F)CC1. The average molecular weight is 398 g/mol. The second-order valence-electron chi connectivity index (χ2n) is 6.42. The van der Waals surface area contributed by atoms with Gasteiger partial charge in [-0.05, 0) is 49.6 Å². The topological polar surface area (TPSA) is 75.3 Å². The van der Waals surface area contributed by atoms with Crippen LogP contribution in [0.25, 0.3) is 0 Å². The summed E-state index contributed by atoms with van der Waals surface area (Å²) in [4.78, 5) is 12.3. The molecule has 1 amide bonds. The third kappa shape index (κ3) is 3.78. The number of hydrogen-bond donors (Lipinski definition) is 2. The lowest BCUT2D eigenvalue weighted by Gasteiger charge is -2.17. The lowest BCUT2D eigenvalue weighted by atomic mass is 10.1. The van der Waals surface area contributed by atoms with Gasteiger partial charge in [0.05, 0.1) is 10.4 Å². The van der Waals surface area contributed by atoms with E-state index in [0.717, 1.165) is 30.3 Å². The molecule has 1 aliphatic carbocycles. The standard InChI is InChI=1S/C18H17F3N2O3S/c1-2-18(7-8-18)27(25,26)23-16-9-11(3-5-14(16)20)17(24)22-12-4-6-13(19)15(21)10-12/h3-6,9-10,23H,2,7-8H2,1H3,(H,22,24). The Morgan fingerprint density at radius 2 is 1.70 bits per heavy atom. The number of carbonyl (C=O) groups excluding carboxylic acids is 1. The summed E-state index contributed by atoms with van der Waals surface area (Å²) in [6.07, 6.45) is 1.40. The highest BCUT2D eigenvalue weighted by molar-refractivity contribution is 7.94. The van der Waals surface area contributed by atoms with E-state index in [1.54, 1.807) is 6.92 Å². The Hall–Kier alpha value is -2.55. The molecule has 2 N–H and O–H groups in total. The molecule has 2 aromatic carbocycles. The van der Waals surface area contributed by atoms with Gasteiger partial charge >= 0.3 is 0 Å². The summed E-state index contributed by atoms with van der Waals surface area (Å²) in [6.45, 7) is 1.74. The van der Waals surface area contributed by atoms with Gasteiger partial charge in [0.25, 0.3) is 5.91 Å². The minimum Gasteiger partial charge on any atom is -0.322 e. The first-order chi connectivity index (χ1) is 12.7. The van der Waals surface area contributed by atoms with Gasteiger partial charge in [-0.15, -0.1) is 0 Å². The number of hydrogen-bond acceptors (Lipinski definition) is 3. The second-order valence-corrected chi connectivity index (χ2v) is 8.50. The van der Waals surface area contributed by atoms with Gasteiger partial charge in [0.2, 0.25) is 10.0 Å². The second kappa shape index (κ2) is 6.88. The number of rotatable bonds is 6. The van der Waals surface area contributed by atoms with Crippen LogP contribution >= 0.6 is 0 Å². The number of nitrogens with one attached hydrogen (secondary N) is 2. The quantitative estimate of drug-likeness (QED) is 0.771. The van der Waals surface area contributed by atoms with E-state index in [9.17, 15) is 26.4 Å². The highest BCUT2D eigenvalue weighted by atomic mass is 32.2. The van der Waals surface area contributed by atoms with Crippen LogP contribution in [0.2, 0.25) is 0 Å². The first-order valence-corrected chi connectivity index (χ1v) is 9.74. The maximum atomic E-state index is 14.1. The zero-order valence-corrected chi connectivity index (χ0v) is 15.2. The van der Waals surface area contributed by atoms with Crippen molar-refractivity contribution in [1.29, 1.82) is 0 Å². The Kier molecular flexibility index (Phi) is 4.90. The molecule has 0 bridgehead atoms. The van der Waals surface area contributed by atoms with Crippen LogP contribution in [0, 0.1) is 17.5 Å². The lowest BCUT2D eigenvalue weighted by molar-refractivity contribution is 0.102. The molecule has 0 atom stereocenters. The van der Waals surface area contributed by atoms with Gasteiger partial charge in [0.15, 0.2) is 11.6 Å². The molecule has 0 radical (unpaired) electrons. The first kappa shape index (κ1) is 19.2. The normalized spacial score (nSPS) is 15.3. The van der Waals surface area contributed by atoms with E-state index >= 15 is 0 Å². The van der Waals surface area contributed by atoms with Crippen molar-refractivity contribution < 1.29 is 26.4 Å². The Balaban J connectivity index is 1.82. The van der Waals surface area contributed by atoms with Crippen LogP contribution in [0.15, 0.2) is 36.4 Å². The van der Waals surface area contributed by atoms with Crippen molar-refractivity contribution in [3.63, 3.8) is 0 Å². The van der Waals surface area contributed by atoms with Crippen LogP contribution in [0.5, 0.6) is 0 Å². The summed E-state index contributed by atoms with van der Waals surface area (Å²) in [5.41, 5.74) is -0.374. The Morgan fingerprint density at radius 3 is 2.30 bits per heavy atom.